The molecule has 2 amide bonds. The largest absolute Gasteiger partial charge is 0.444 e. The summed E-state index contributed by atoms with van der Waals surface area (Å²) in [6.45, 7) is 5.54. The first kappa shape index (κ1) is 21.5. The standard InChI is InChI=1S/C23H33N5O3/c1-23(2,3)31-22(30)26-16-12-17(13-16)28-19-10-9-14(11-18(19)27-21(28)24)20(29)25-15-7-5-4-6-8-15/h9-11,15-17H,4-8,12-13H2,1-3H3,(H2,24,27)(H,25,29)(H,26,30). The maximum Gasteiger partial charge on any atom is 0.407 e. The number of carbonyl (C=O) groups excluding carboxylic acids is 2. The lowest BCUT2D eigenvalue weighted by molar-refractivity contribution is 0.0458. The van der Waals surface area contributed by atoms with Crippen molar-refractivity contribution >= 4 is 29.0 Å². The summed E-state index contributed by atoms with van der Waals surface area (Å²) in [5.41, 5.74) is 7.94. The number of benzene rings is 1. The van der Waals surface area contributed by atoms with E-state index in [4.69, 9.17) is 10.5 Å². The average molecular weight is 428 g/mol. The highest BCUT2D eigenvalue weighted by atomic mass is 16.6. The van der Waals surface area contributed by atoms with E-state index in [0.29, 0.717) is 11.5 Å². The molecule has 8 heteroatoms. The predicted octanol–water partition coefficient (Wildman–Crippen LogP) is 3.91. The third kappa shape index (κ3) is 4.94. The normalized spacial score (nSPS) is 22.0. The van der Waals surface area contributed by atoms with Crippen molar-refractivity contribution in [3.05, 3.63) is 23.8 Å². The fourth-order valence-corrected chi connectivity index (χ4v) is 4.55. The van der Waals surface area contributed by atoms with Gasteiger partial charge in [-0.15, -0.1) is 0 Å². The number of nitrogen functional groups attached to an aromatic ring is 1. The lowest BCUT2D eigenvalue weighted by Crippen LogP contribution is -2.46. The van der Waals surface area contributed by atoms with Crippen molar-refractivity contribution < 1.29 is 14.3 Å². The fourth-order valence-electron chi connectivity index (χ4n) is 4.55. The molecule has 1 aromatic carbocycles. The molecule has 2 aromatic rings. The molecule has 2 aliphatic carbocycles. The van der Waals surface area contributed by atoms with Gasteiger partial charge in [0.05, 0.1) is 11.0 Å². The van der Waals surface area contributed by atoms with Gasteiger partial charge in [-0.3, -0.25) is 4.79 Å². The molecule has 0 atom stereocenters. The maximum absolute atomic E-state index is 12.7. The van der Waals surface area contributed by atoms with Crippen LogP contribution in [-0.2, 0) is 4.74 Å². The first-order valence-electron chi connectivity index (χ1n) is 11.3. The van der Waals surface area contributed by atoms with Gasteiger partial charge in [-0.2, -0.15) is 0 Å². The Kier molecular flexibility index (Phi) is 5.81. The van der Waals surface area contributed by atoms with Gasteiger partial charge in [0.15, 0.2) is 0 Å². The number of amides is 2. The van der Waals surface area contributed by atoms with Crippen molar-refractivity contribution in [3.63, 3.8) is 0 Å². The molecule has 0 bridgehead atoms. The zero-order valence-electron chi connectivity index (χ0n) is 18.6. The molecule has 1 heterocycles. The van der Waals surface area contributed by atoms with Crippen molar-refractivity contribution in [3.8, 4) is 0 Å². The van der Waals surface area contributed by atoms with Crippen molar-refractivity contribution in [1.29, 1.82) is 0 Å². The van der Waals surface area contributed by atoms with Crippen molar-refractivity contribution in [2.75, 3.05) is 5.73 Å². The number of carbonyl (C=O) groups is 2. The number of nitrogens with one attached hydrogen (secondary N) is 2. The Bertz CT molecular complexity index is 965. The molecular formula is C23H33N5O3. The Hall–Kier alpha value is -2.77. The van der Waals surface area contributed by atoms with Crippen LogP contribution in [0.25, 0.3) is 11.0 Å². The minimum Gasteiger partial charge on any atom is -0.444 e. The number of ether oxygens (including phenoxy) is 1. The van der Waals surface area contributed by atoms with E-state index in [9.17, 15) is 9.59 Å². The Labute approximate surface area is 182 Å². The summed E-state index contributed by atoms with van der Waals surface area (Å²) in [6, 6.07) is 6.05. The number of hydrogen-bond acceptors (Lipinski definition) is 5. The second kappa shape index (κ2) is 8.40. The summed E-state index contributed by atoms with van der Waals surface area (Å²) in [5, 5.41) is 6.06. The van der Waals surface area contributed by atoms with Crippen LogP contribution in [0.4, 0.5) is 10.7 Å². The Balaban J connectivity index is 1.40. The highest BCUT2D eigenvalue weighted by molar-refractivity contribution is 5.97. The predicted molar refractivity (Wildman–Crippen MR) is 120 cm³/mol. The highest BCUT2D eigenvalue weighted by Crippen LogP contribution is 2.37. The van der Waals surface area contributed by atoms with Gasteiger partial charge in [0.25, 0.3) is 5.91 Å². The number of imidazole rings is 1. The summed E-state index contributed by atoms with van der Waals surface area (Å²) in [6.07, 6.45) is 6.84. The van der Waals surface area contributed by atoms with E-state index in [1.807, 2.05) is 43.5 Å². The minimum absolute atomic E-state index is 0.0489. The van der Waals surface area contributed by atoms with Crippen molar-refractivity contribution in [2.24, 2.45) is 0 Å². The zero-order chi connectivity index (χ0) is 22.2. The number of fused-ring (bicyclic) bond motifs is 1. The molecule has 2 aliphatic rings. The van der Waals surface area contributed by atoms with Crippen LogP contribution in [0.5, 0.6) is 0 Å². The van der Waals surface area contributed by atoms with Gasteiger partial charge in [0.2, 0.25) is 5.95 Å². The third-order valence-corrected chi connectivity index (χ3v) is 6.12. The SMILES string of the molecule is CC(C)(C)OC(=O)NC1CC(n2c(N)nc3cc(C(=O)NC4CCCCC4)ccc32)C1. The zero-order valence-corrected chi connectivity index (χ0v) is 18.6. The summed E-state index contributed by atoms with van der Waals surface area (Å²) in [5.74, 6) is 0.382. The number of alkyl carbamates (subject to hydrolysis) is 1. The first-order chi connectivity index (χ1) is 14.7. The molecule has 2 fully saturated rings. The van der Waals surface area contributed by atoms with Gasteiger partial charge < -0.3 is 25.7 Å². The van der Waals surface area contributed by atoms with Crippen LogP contribution in [0.15, 0.2) is 18.2 Å². The smallest absolute Gasteiger partial charge is 0.407 e. The van der Waals surface area contributed by atoms with E-state index in [1.54, 1.807) is 0 Å². The Morgan fingerprint density at radius 3 is 2.48 bits per heavy atom. The second-order valence-corrected chi connectivity index (χ2v) is 9.82. The molecule has 0 radical (unpaired) electrons. The molecule has 2 saturated carbocycles. The molecule has 0 spiro atoms. The van der Waals surface area contributed by atoms with Crippen molar-refractivity contribution in [1.82, 2.24) is 20.2 Å². The van der Waals surface area contributed by atoms with E-state index < -0.39 is 11.7 Å². The van der Waals surface area contributed by atoms with Gasteiger partial charge in [-0.05, 0) is 64.7 Å². The molecule has 31 heavy (non-hydrogen) atoms. The van der Waals surface area contributed by atoms with Gasteiger partial charge in [-0.25, -0.2) is 9.78 Å². The molecule has 168 valence electrons. The van der Waals surface area contributed by atoms with E-state index in [1.165, 1.54) is 19.3 Å². The number of nitrogens with zero attached hydrogens (tertiary/aromatic N) is 2. The van der Waals surface area contributed by atoms with Gasteiger partial charge in [-0.1, -0.05) is 19.3 Å². The minimum atomic E-state index is -0.515. The van der Waals surface area contributed by atoms with Crippen LogP contribution in [-0.4, -0.2) is 39.2 Å². The summed E-state index contributed by atoms with van der Waals surface area (Å²) in [4.78, 5) is 29.1. The van der Waals surface area contributed by atoms with Crippen LogP contribution in [0.3, 0.4) is 0 Å². The number of nitrogens with two attached hydrogens (primary N) is 1. The van der Waals surface area contributed by atoms with E-state index in [-0.39, 0.29) is 24.0 Å². The van der Waals surface area contributed by atoms with E-state index in [2.05, 4.69) is 15.6 Å². The van der Waals surface area contributed by atoms with Crippen LogP contribution in [0.2, 0.25) is 0 Å². The third-order valence-electron chi connectivity index (χ3n) is 6.12. The summed E-state index contributed by atoms with van der Waals surface area (Å²) >= 11 is 0. The van der Waals surface area contributed by atoms with Gasteiger partial charge in [0.1, 0.15) is 5.60 Å². The lowest BCUT2D eigenvalue weighted by atomic mass is 9.86. The second-order valence-electron chi connectivity index (χ2n) is 9.82. The number of aromatic nitrogens is 2. The summed E-state index contributed by atoms with van der Waals surface area (Å²) < 4.78 is 7.33. The van der Waals surface area contributed by atoms with Crippen molar-refractivity contribution in [2.45, 2.75) is 89.4 Å². The number of rotatable bonds is 4. The molecule has 4 rings (SSSR count). The Morgan fingerprint density at radius 2 is 1.81 bits per heavy atom. The van der Waals surface area contributed by atoms with E-state index in [0.717, 1.165) is 36.7 Å². The van der Waals surface area contributed by atoms with Gasteiger partial charge in [0, 0.05) is 23.7 Å². The Morgan fingerprint density at radius 1 is 1.10 bits per heavy atom. The lowest BCUT2D eigenvalue weighted by Gasteiger charge is -2.37. The first-order valence-corrected chi connectivity index (χ1v) is 11.3. The molecule has 1 aromatic heterocycles. The van der Waals surface area contributed by atoms with Crippen LogP contribution >= 0.6 is 0 Å². The molecule has 0 unspecified atom stereocenters. The topological polar surface area (TPSA) is 111 Å². The number of anilines is 1. The maximum atomic E-state index is 12.7. The molecule has 8 nitrogen and oxygen atoms in total. The molecule has 0 saturated heterocycles. The quantitative estimate of drug-likeness (QED) is 0.685. The van der Waals surface area contributed by atoms with Crippen LogP contribution in [0, 0.1) is 0 Å². The van der Waals surface area contributed by atoms with Crippen LogP contribution < -0.4 is 16.4 Å². The summed E-state index contributed by atoms with van der Waals surface area (Å²) in [7, 11) is 0. The van der Waals surface area contributed by atoms with E-state index >= 15 is 0 Å². The molecule has 0 aliphatic heterocycles. The average Bonchev–Trinajstić information content (AvgIpc) is 2.98. The number of hydrogen-bond donors (Lipinski definition) is 3. The van der Waals surface area contributed by atoms with Crippen LogP contribution in [0.1, 0.15) is 82.1 Å². The van der Waals surface area contributed by atoms with Gasteiger partial charge >= 0.3 is 6.09 Å². The molecule has 4 N–H and O–H groups in total. The molecular weight excluding hydrogens is 394 g/mol. The fraction of sp³-hybridized carbons (Fsp3) is 0.609. The monoisotopic (exact) mass is 427 g/mol. The highest BCUT2D eigenvalue weighted by Gasteiger charge is 2.34.